The highest BCUT2D eigenvalue weighted by atomic mass is 16.7. The van der Waals surface area contributed by atoms with E-state index in [0.717, 1.165) is 19.3 Å². The number of ether oxygens (including phenoxy) is 2. The van der Waals surface area contributed by atoms with Crippen LogP contribution in [0.15, 0.2) is 12.2 Å². The van der Waals surface area contributed by atoms with Crippen LogP contribution in [0.4, 0.5) is 4.79 Å². The van der Waals surface area contributed by atoms with E-state index in [1.807, 2.05) is 13.0 Å². The van der Waals surface area contributed by atoms with Crippen molar-refractivity contribution in [3.05, 3.63) is 12.2 Å². The third-order valence-electron chi connectivity index (χ3n) is 1.04. The van der Waals surface area contributed by atoms with Crippen LogP contribution in [0.25, 0.3) is 0 Å². The molecule has 1 radical (unpaired) electrons. The van der Waals surface area contributed by atoms with Gasteiger partial charge in [-0.1, -0.05) is 25.5 Å². The second-order valence-corrected chi connectivity index (χ2v) is 2.01. The van der Waals surface area contributed by atoms with Gasteiger partial charge in [0, 0.05) is 0 Å². The van der Waals surface area contributed by atoms with E-state index in [1.54, 1.807) is 6.08 Å². The smallest absolute Gasteiger partial charge is 0.430 e. The summed E-state index contributed by atoms with van der Waals surface area (Å²) in [5.74, 6) is 0. The summed E-state index contributed by atoms with van der Waals surface area (Å²) in [7, 11) is 0. The second kappa shape index (κ2) is 7.78. The molecule has 0 aromatic heterocycles. The lowest BCUT2D eigenvalue weighted by atomic mass is 10.3. The number of hydrogen-bond acceptors (Lipinski definition) is 4. The average Bonchev–Trinajstić information content (AvgIpc) is 2.05. The lowest BCUT2D eigenvalue weighted by Gasteiger charge is -1.95. The molecule has 0 aromatic rings. The van der Waals surface area contributed by atoms with E-state index in [0.29, 0.717) is 0 Å². The Morgan fingerprint density at radius 1 is 1.50 bits per heavy atom. The first-order valence-electron chi connectivity index (χ1n) is 3.67. The zero-order chi connectivity index (χ0) is 9.23. The van der Waals surface area contributed by atoms with E-state index in [9.17, 15) is 9.59 Å². The van der Waals surface area contributed by atoms with Crippen molar-refractivity contribution < 1.29 is 19.1 Å². The molecule has 0 heterocycles. The maximum absolute atomic E-state index is 10.3. The summed E-state index contributed by atoms with van der Waals surface area (Å²) < 4.78 is 8.17. The largest absolute Gasteiger partial charge is 0.516 e. The molecule has 0 fully saturated rings. The van der Waals surface area contributed by atoms with Crippen LogP contribution in [-0.4, -0.2) is 19.2 Å². The van der Waals surface area contributed by atoms with Crippen LogP contribution >= 0.6 is 0 Å². The fourth-order valence-corrected chi connectivity index (χ4v) is 0.532. The quantitative estimate of drug-likeness (QED) is 0.358. The molecule has 0 aliphatic carbocycles. The summed E-state index contributed by atoms with van der Waals surface area (Å²) in [6.45, 7) is 3.14. The van der Waals surface area contributed by atoms with Gasteiger partial charge in [-0.25, -0.2) is 9.59 Å². The zero-order valence-electron chi connectivity index (χ0n) is 6.91. The predicted octanol–water partition coefficient (Wildman–Crippen LogP) is 1.56. The van der Waals surface area contributed by atoms with Crippen LogP contribution in [0.2, 0.25) is 0 Å². The highest BCUT2D eigenvalue weighted by Gasteiger charge is 1.99. The van der Waals surface area contributed by atoms with Gasteiger partial charge in [-0.2, -0.15) is 0 Å². The molecular weight excluding hydrogens is 160 g/mol. The second-order valence-electron chi connectivity index (χ2n) is 2.01. The molecule has 0 amide bonds. The normalized spacial score (nSPS) is 9.75. The zero-order valence-corrected chi connectivity index (χ0v) is 6.91. The molecule has 0 aliphatic heterocycles. The van der Waals surface area contributed by atoms with E-state index >= 15 is 0 Å². The van der Waals surface area contributed by atoms with Crippen molar-refractivity contribution in [2.75, 3.05) is 6.61 Å². The van der Waals surface area contributed by atoms with E-state index in [2.05, 4.69) is 9.47 Å². The maximum atomic E-state index is 10.3. The molecule has 0 aromatic carbocycles. The van der Waals surface area contributed by atoms with Gasteiger partial charge >= 0.3 is 12.6 Å². The van der Waals surface area contributed by atoms with Gasteiger partial charge in [0.05, 0.1) is 0 Å². The Morgan fingerprint density at radius 2 is 2.25 bits per heavy atom. The molecule has 0 N–H and O–H groups in total. The van der Waals surface area contributed by atoms with E-state index in [1.165, 1.54) is 0 Å². The molecular formula is C8H11O4. The van der Waals surface area contributed by atoms with Crippen LogP contribution < -0.4 is 0 Å². The van der Waals surface area contributed by atoms with Crippen molar-refractivity contribution in [3.63, 3.8) is 0 Å². The summed E-state index contributed by atoms with van der Waals surface area (Å²) in [5, 5.41) is 0. The van der Waals surface area contributed by atoms with Crippen molar-refractivity contribution in [2.24, 2.45) is 0 Å². The number of carbonyl (C=O) groups is 1. The van der Waals surface area contributed by atoms with Crippen LogP contribution in [0.3, 0.4) is 0 Å². The number of allylic oxidation sites excluding steroid dienone is 1. The number of rotatable bonds is 5. The van der Waals surface area contributed by atoms with Gasteiger partial charge in [-0.15, -0.1) is 0 Å². The Balaban J connectivity index is 3.29. The first-order chi connectivity index (χ1) is 5.81. The first kappa shape index (κ1) is 10.7. The van der Waals surface area contributed by atoms with E-state index in [4.69, 9.17) is 0 Å². The van der Waals surface area contributed by atoms with Gasteiger partial charge in [0.2, 0.25) is 0 Å². The van der Waals surface area contributed by atoms with Gasteiger partial charge in [-0.05, 0) is 6.42 Å². The summed E-state index contributed by atoms with van der Waals surface area (Å²) in [6, 6.07) is 0. The van der Waals surface area contributed by atoms with Gasteiger partial charge < -0.3 is 9.47 Å². The molecule has 67 valence electrons. The number of hydrogen-bond donors (Lipinski definition) is 0. The molecule has 0 bridgehead atoms. The van der Waals surface area contributed by atoms with Crippen molar-refractivity contribution in [2.45, 2.75) is 19.8 Å². The molecule has 0 saturated carbocycles. The summed E-state index contributed by atoms with van der Waals surface area (Å²) in [6.07, 6.45) is 4.54. The molecule has 4 nitrogen and oxygen atoms in total. The van der Waals surface area contributed by atoms with Crippen LogP contribution in [0, 0.1) is 0 Å². The molecule has 0 unspecified atom stereocenters. The standard InChI is InChI=1S/C8H11O4/c1-2-3-4-5-6-11-8(10)12-7-9/h4-5H,2-3,6H2,1H3/b5-4+. The maximum Gasteiger partial charge on any atom is 0.516 e. The first-order valence-corrected chi connectivity index (χ1v) is 3.67. The van der Waals surface area contributed by atoms with Gasteiger partial charge in [0.25, 0.3) is 0 Å². The SMILES string of the molecule is CCC/C=C/COC(=O)O[C]=O. The monoisotopic (exact) mass is 171 g/mol. The van der Waals surface area contributed by atoms with Crippen LogP contribution in [0.1, 0.15) is 19.8 Å². The van der Waals surface area contributed by atoms with Crippen molar-refractivity contribution in [1.82, 2.24) is 0 Å². The van der Waals surface area contributed by atoms with Crippen molar-refractivity contribution in [1.29, 1.82) is 0 Å². The summed E-state index contributed by atoms with van der Waals surface area (Å²) in [4.78, 5) is 19.8. The molecule has 0 aliphatic rings. The minimum atomic E-state index is -1.02. The molecule has 12 heavy (non-hydrogen) atoms. The Kier molecular flexibility index (Phi) is 6.93. The fraction of sp³-hybridized carbons (Fsp3) is 0.500. The Hall–Kier alpha value is -1.32. The summed E-state index contributed by atoms with van der Waals surface area (Å²) >= 11 is 0. The fourth-order valence-electron chi connectivity index (χ4n) is 0.532. The lowest BCUT2D eigenvalue weighted by Crippen LogP contribution is -2.05. The van der Waals surface area contributed by atoms with E-state index in [-0.39, 0.29) is 6.61 Å². The average molecular weight is 171 g/mol. The van der Waals surface area contributed by atoms with Crippen molar-refractivity contribution >= 4 is 12.6 Å². The topological polar surface area (TPSA) is 52.6 Å². The molecule has 0 spiro atoms. The molecule has 0 rings (SSSR count). The highest BCUT2D eigenvalue weighted by molar-refractivity contribution is 5.69. The number of unbranched alkanes of at least 4 members (excludes halogenated alkanes) is 1. The van der Waals surface area contributed by atoms with E-state index < -0.39 is 6.16 Å². The predicted molar refractivity (Wildman–Crippen MR) is 42.2 cm³/mol. The molecule has 0 saturated heterocycles. The Bertz CT molecular complexity index is 162. The summed E-state index contributed by atoms with van der Waals surface area (Å²) in [5.41, 5.74) is 0. The Morgan fingerprint density at radius 3 is 2.83 bits per heavy atom. The van der Waals surface area contributed by atoms with Crippen molar-refractivity contribution in [3.8, 4) is 0 Å². The highest BCUT2D eigenvalue weighted by Crippen LogP contribution is 1.89. The van der Waals surface area contributed by atoms with Gasteiger partial charge in [-0.3, -0.25) is 0 Å². The third-order valence-corrected chi connectivity index (χ3v) is 1.04. The van der Waals surface area contributed by atoms with Crippen LogP contribution in [-0.2, 0) is 14.3 Å². The minimum Gasteiger partial charge on any atom is -0.430 e. The molecule has 4 heteroatoms. The van der Waals surface area contributed by atoms with Crippen LogP contribution in [0.5, 0.6) is 0 Å². The lowest BCUT2D eigenvalue weighted by molar-refractivity contribution is 0.104. The molecule has 0 atom stereocenters. The minimum absolute atomic E-state index is 0.126. The van der Waals surface area contributed by atoms with Gasteiger partial charge in [0.15, 0.2) is 0 Å². The Labute approximate surface area is 71.2 Å². The van der Waals surface area contributed by atoms with Gasteiger partial charge in [0.1, 0.15) is 6.61 Å². The number of carbonyl (C=O) groups excluding carboxylic acids is 2. The third kappa shape index (κ3) is 6.80.